The van der Waals surface area contributed by atoms with Crippen LogP contribution in [0.5, 0.6) is 0 Å². The zero-order valence-electron chi connectivity index (χ0n) is 20.6. The predicted octanol–water partition coefficient (Wildman–Crippen LogP) is 2.21. The number of urea groups is 1. The van der Waals surface area contributed by atoms with E-state index >= 15 is 0 Å². The highest BCUT2D eigenvalue weighted by atomic mass is 16.5. The summed E-state index contributed by atoms with van der Waals surface area (Å²) < 4.78 is 5.20. The molecule has 11 nitrogen and oxygen atoms in total. The van der Waals surface area contributed by atoms with E-state index in [1.54, 1.807) is 6.92 Å². The second kappa shape index (κ2) is 10.9. The van der Waals surface area contributed by atoms with Crippen LogP contribution in [-0.4, -0.2) is 85.5 Å². The maximum absolute atomic E-state index is 12.0. The van der Waals surface area contributed by atoms with Gasteiger partial charge in [-0.05, 0) is 46.6 Å². The van der Waals surface area contributed by atoms with Gasteiger partial charge in [0, 0.05) is 58.4 Å². The van der Waals surface area contributed by atoms with Crippen molar-refractivity contribution in [1.82, 2.24) is 20.0 Å². The lowest BCUT2D eigenvalue weighted by Gasteiger charge is -2.24. The van der Waals surface area contributed by atoms with Crippen LogP contribution in [0.1, 0.15) is 37.1 Å². The third-order valence-corrected chi connectivity index (χ3v) is 6.56. The lowest BCUT2D eigenvalue weighted by Crippen LogP contribution is -2.42. The summed E-state index contributed by atoms with van der Waals surface area (Å²) in [6, 6.07) is 1.56. The topological polar surface area (TPSA) is 120 Å². The Morgan fingerprint density at radius 2 is 1.74 bits per heavy atom. The fraction of sp³-hybridized carbons (Fsp3) is 0.652. The SMILES string of the molecule is Cc1noc(C)c1N(CCN(C)CCNc1cc(N2CCCC2)nc(N2CCCC2)n1)C(N)=O. The van der Waals surface area contributed by atoms with Gasteiger partial charge in [0.25, 0.3) is 0 Å². The number of likely N-dealkylation sites (N-methyl/N-ethyl adjacent to an activating group) is 1. The summed E-state index contributed by atoms with van der Waals surface area (Å²) in [4.78, 5) is 30.0. The van der Waals surface area contributed by atoms with E-state index in [1.165, 1.54) is 30.6 Å². The molecule has 2 aromatic rings. The van der Waals surface area contributed by atoms with Crippen molar-refractivity contribution in [3.05, 3.63) is 17.5 Å². The molecule has 0 spiro atoms. The Labute approximate surface area is 201 Å². The molecule has 11 heteroatoms. The van der Waals surface area contributed by atoms with Gasteiger partial charge in [-0.1, -0.05) is 5.16 Å². The number of hydrogen-bond acceptors (Lipinski definition) is 9. The number of carbonyl (C=O) groups excluding carboxylic acids is 1. The van der Waals surface area contributed by atoms with Crippen LogP contribution in [0, 0.1) is 13.8 Å². The summed E-state index contributed by atoms with van der Waals surface area (Å²) in [6.45, 7) is 10.4. The monoisotopic (exact) mass is 471 g/mol. The molecule has 34 heavy (non-hydrogen) atoms. The lowest BCUT2D eigenvalue weighted by molar-refractivity contribution is 0.252. The first-order valence-electron chi connectivity index (χ1n) is 12.2. The van der Waals surface area contributed by atoms with Crippen LogP contribution in [-0.2, 0) is 0 Å². The molecule has 2 aliphatic rings. The minimum Gasteiger partial charge on any atom is -0.369 e. The van der Waals surface area contributed by atoms with Crippen molar-refractivity contribution in [2.45, 2.75) is 39.5 Å². The number of primary amides is 1. The number of aryl methyl sites for hydroxylation is 2. The largest absolute Gasteiger partial charge is 0.369 e. The van der Waals surface area contributed by atoms with Gasteiger partial charge in [0.05, 0.1) is 0 Å². The number of nitrogens with two attached hydrogens (primary N) is 1. The molecule has 186 valence electrons. The van der Waals surface area contributed by atoms with E-state index in [-0.39, 0.29) is 0 Å². The second-order valence-corrected chi connectivity index (χ2v) is 9.19. The molecule has 2 fully saturated rings. The minimum atomic E-state index is -0.509. The number of amides is 2. The Hall–Kier alpha value is -3.08. The molecular weight excluding hydrogens is 434 g/mol. The van der Waals surface area contributed by atoms with Gasteiger partial charge in [0.15, 0.2) is 5.76 Å². The zero-order chi connectivity index (χ0) is 24.1. The lowest BCUT2D eigenvalue weighted by atomic mass is 10.3. The average Bonchev–Trinajstić information content (AvgIpc) is 3.58. The summed E-state index contributed by atoms with van der Waals surface area (Å²) in [5, 5.41) is 7.42. The Balaban J connectivity index is 1.33. The Morgan fingerprint density at radius 1 is 1.06 bits per heavy atom. The molecule has 2 amide bonds. The normalized spacial score (nSPS) is 16.0. The summed E-state index contributed by atoms with van der Waals surface area (Å²) in [6.07, 6.45) is 4.82. The average molecular weight is 472 g/mol. The van der Waals surface area contributed by atoms with Gasteiger partial charge in [-0.25, -0.2) is 4.79 Å². The molecule has 0 aromatic carbocycles. The second-order valence-electron chi connectivity index (χ2n) is 9.19. The van der Waals surface area contributed by atoms with Crippen LogP contribution >= 0.6 is 0 Å². The Kier molecular flexibility index (Phi) is 7.71. The van der Waals surface area contributed by atoms with Crippen LogP contribution in [0.2, 0.25) is 0 Å². The van der Waals surface area contributed by atoms with Gasteiger partial charge in [-0.2, -0.15) is 9.97 Å². The first-order chi connectivity index (χ1) is 16.4. The highest BCUT2D eigenvalue weighted by Gasteiger charge is 2.22. The molecule has 2 saturated heterocycles. The van der Waals surface area contributed by atoms with Gasteiger partial charge in [0.2, 0.25) is 5.95 Å². The van der Waals surface area contributed by atoms with E-state index in [1.807, 2.05) is 14.0 Å². The van der Waals surface area contributed by atoms with Gasteiger partial charge >= 0.3 is 6.03 Å². The third kappa shape index (κ3) is 5.69. The molecule has 2 aromatic heterocycles. The number of nitrogens with one attached hydrogen (secondary N) is 1. The van der Waals surface area contributed by atoms with Crippen molar-refractivity contribution in [2.24, 2.45) is 5.73 Å². The standard InChI is InChI=1S/C23H37N9O2/c1-17-21(18(2)34-28-17)32(22(24)33)15-14-29(3)13-8-25-19-16-20(30-9-4-5-10-30)27-23(26-19)31-11-6-7-12-31/h16H,4-15H2,1-3H3,(H2,24,33)(H,25,26,27). The van der Waals surface area contributed by atoms with E-state index in [0.717, 1.165) is 56.9 Å². The number of aromatic nitrogens is 3. The summed E-state index contributed by atoms with van der Waals surface area (Å²) in [7, 11) is 2.03. The van der Waals surface area contributed by atoms with Crippen molar-refractivity contribution in [2.75, 3.05) is 79.4 Å². The van der Waals surface area contributed by atoms with Crippen molar-refractivity contribution in [3.63, 3.8) is 0 Å². The van der Waals surface area contributed by atoms with Gasteiger partial charge in [-0.15, -0.1) is 0 Å². The Bertz CT molecular complexity index is 914. The fourth-order valence-corrected chi connectivity index (χ4v) is 4.63. The van der Waals surface area contributed by atoms with Gasteiger partial charge in [0.1, 0.15) is 23.0 Å². The van der Waals surface area contributed by atoms with E-state index in [0.29, 0.717) is 30.2 Å². The number of rotatable bonds is 10. The van der Waals surface area contributed by atoms with Crippen LogP contribution in [0.3, 0.4) is 0 Å². The predicted molar refractivity (Wildman–Crippen MR) is 134 cm³/mol. The molecule has 0 aliphatic carbocycles. The van der Waals surface area contributed by atoms with Crippen molar-refractivity contribution < 1.29 is 9.32 Å². The van der Waals surface area contributed by atoms with Crippen LogP contribution in [0.25, 0.3) is 0 Å². The molecule has 4 heterocycles. The highest BCUT2D eigenvalue weighted by Crippen LogP contribution is 2.26. The first kappa shape index (κ1) is 24.1. The highest BCUT2D eigenvalue weighted by molar-refractivity contribution is 5.91. The van der Waals surface area contributed by atoms with Crippen LogP contribution in [0.4, 0.5) is 28.1 Å². The van der Waals surface area contributed by atoms with E-state index in [4.69, 9.17) is 20.2 Å². The number of hydrogen-bond donors (Lipinski definition) is 2. The molecule has 0 bridgehead atoms. The van der Waals surface area contributed by atoms with Crippen molar-refractivity contribution in [3.8, 4) is 0 Å². The third-order valence-electron chi connectivity index (χ3n) is 6.56. The summed E-state index contributed by atoms with van der Waals surface area (Å²) in [5.41, 5.74) is 6.94. The molecule has 0 atom stereocenters. The smallest absolute Gasteiger partial charge is 0.319 e. The first-order valence-corrected chi connectivity index (χ1v) is 12.2. The molecule has 3 N–H and O–H groups in total. The summed E-state index contributed by atoms with van der Waals surface area (Å²) >= 11 is 0. The van der Waals surface area contributed by atoms with E-state index in [9.17, 15) is 4.79 Å². The molecule has 2 aliphatic heterocycles. The zero-order valence-corrected chi connectivity index (χ0v) is 20.6. The summed E-state index contributed by atoms with van der Waals surface area (Å²) in [5.74, 6) is 3.30. The number of carbonyl (C=O) groups is 1. The number of anilines is 4. The van der Waals surface area contributed by atoms with E-state index < -0.39 is 6.03 Å². The van der Waals surface area contributed by atoms with E-state index in [2.05, 4.69) is 31.2 Å². The maximum Gasteiger partial charge on any atom is 0.319 e. The molecule has 0 unspecified atom stereocenters. The van der Waals surface area contributed by atoms with Crippen molar-refractivity contribution >= 4 is 29.3 Å². The maximum atomic E-state index is 12.0. The molecular formula is C23H37N9O2. The minimum absolute atomic E-state index is 0.459. The quantitative estimate of drug-likeness (QED) is 0.537. The van der Waals surface area contributed by atoms with Crippen LogP contribution < -0.4 is 25.8 Å². The van der Waals surface area contributed by atoms with Gasteiger partial charge < -0.3 is 30.3 Å². The fourth-order valence-electron chi connectivity index (χ4n) is 4.63. The molecule has 4 rings (SSSR count). The molecule has 0 radical (unpaired) electrons. The van der Waals surface area contributed by atoms with Crippen LogP contribution in [0.15, 0.2) is 10.6 Å². The van der Waals surface area contributed by atoms with Gasteiger partial charge in [-0.3, -0.25) is 4.90 Å². The Morgan fingerprint density at radius 3 is 2.35 bits per heavy atom. The number of nitrogens with zero attached hydrogens (tertiary/aromatic N) is 7. The van der Waals surface area contributed by atoms with Crippen molar-refractivity contribution in [1.29, 1.82) is 0 Å². The molecule has 0 saturated carbocycles.